The molecule has 8 heteroatoms. The molecule has 2 aromatic heterocycles. The first kappa shape index (κ1) is 19.5. The third-order valence-corrected chi connectivity index (χ3v) is 4.18. The standard InChI is InChI=1S/C12H9FN2O2.C9H7N3/c1-7-10(12(16)17)6-14-11(15-7)8-3-2-4-9(13)5-8;10-6-7-2-1-3-9-8(7)4-5-12(9)11/h2-6H,1H3,(H,16,17);1-5H,11H2. The zero-order chi connectivity index (χ0) is 21.0. The summed E-state index contributed by atoms with van der Waals surface area (Å²) < 4.78 is 14.5. The van der Waals surface area contributed by atoms with Crippen LogP contribution in [0.25, 0.3) is 22.3 Å². The summed E-state index contributed by atoms with van der Waals surface area (Å²) in [4.78, 5) is 18.7. The summed E-state index contributed by atoms with van der Waals surface area (Å²) in [6.07, 6.45) is 2.97. The average molecular weight is 389 g/mol. The number of carbonyl (C=O) groups is 1. The Balaban J connectivity index is 0.000000176. The third kappa shape index (κ3) is 4.20. The number of aromatic nitrogens is 3. The highest BCUT2D eigenvalue weighted by Crippen LogP contribution is 2.18. The topological polar surface area (TPSA) is 118 Å². The van der Waals surface area contributed by atoms with Crippen molar-refractivity contribution in [1.82, 2.24) is 14.6 Å². The van der Waals surface area contributed by atoms with Crippen LogP contribution in [0.4, 0.5) is 4.39 Å². The first-order valence-electron chi connectivity index (χ1n) is 8.49. The molecule has 2 heterocycles. The van der Waals surface area contributed by atoms with Gasteiger partial charge in [-0.1, -0.05) is 18.2 Å². The SMILES string of the molecule is Cc1nc(-c2cccc(F)c2)ncc1C(=O)O.N#Cc1cccc2c1ccn2N. The summed E-state index contributed by atoms with van der Waals surface area (Å²) in [6, 6.07) is 15.3. The number of aryl methyl sites for hydroxylation is 1. The van der Waals surface area contributed by atoms with Crippen LogP contribution in [0, 0.1) is 24.1 Å². The molecule has 0 atom stereocenters. The Labute approximate surface area is 165 Å². The van der Waals surface area contributed by atoms with E-state index >= 15 is 0 Å². The van der Waals surface area contributed by atoms with Gasteiger partial charge in [-0.15, -0.1) is 0 Å². The fourth-order valence-electron chi connectivity index (χ4n) is 2.73. The first-order chi connectivity index (χ1) is 13.9. The summed E-state index contributed by atoms with van der Waals surface area (Å²) in [5.74, 6) is 4.46. The van der Waals surface area contributed by atoms with Crippen molar-refractivity contribution in [3.05, 3.63) is 83.6 Å². The monoisotopic (exact) mass is 389 g/mol. The number of nitriles is 1. The Morgan fingerprint density at radius 3 is 2.66 bits per heavy atom. The number of hydrogen-bond donors (Lipinski definition) is 2. The van der Waals surface area contributed by atoms with E-state index in [-0.39, 0.29) is 11.4 Å². The van der Waals surface area contributed by atoms with E-state index in [4.69, 9.17) is 16.2 Å². The van der Waals surface area contributed by atoms with Gasteiger partial charge in [0, 0.05) is 23.3 Å². The predicted molar refractivity (Wildman–Crippen MR) is 106 cm³/mol. The molecule has 0 aliphatic carbocycles. The molecule has 0 fully saturated rings. The molecule has 0 radical (unpaired) electrons. The number of nitrogens with two attached hydrogens (primary N) is 1. The Bertz CT molecular complexity index is 1240. The van der Waals surface area contributed by atoms with E-state index in [0.717, 1.165) is 10.9 Å². The van der Waals surface area contributed by atoms with Gasteiger partial charge < -0.3 is 10.9 Å². The maximum atomic E-state index is 13.0. The zero-order valence-corrected chi connectivity index (χ0v) is 15.4. The number of rotatable bonds is 2. The fraction of sp³-hybridized carbons (Fsp3) is 0.0476. The molecule has 0 unspecified atom stereocenters. The van der Waals surface area contributed by atoms with Crippen LogP contribution in [-0.2, 0) is 0 Å². The Morgan fingerprint density at radius 1 is 1.24 bits per heavy atom. The van der Waals surface area contributed by atoms with Crippen molar-refractivity contribution in [1.29, 1.82) is 5.26 Å². The van der Waals surface area contributed by atoms with Gasteiger partial charge in [0.15, 0.2) is 5.82 Å². The van der Waals surface area contributed by atoms with Crippen molar-refractivity contribution in [3.8, 4) is 17.5 Å². The lowest BCUT2D eigenvalue weighted by Gasteiger charge is -2.03. The minimum Gasteiger partial charge on any atom is -0.478 e. The van der Waals surface area contributed by atoms with Crippen LogP contribution in [0.15, 0.2) is 60.9 Å². The summed E-state index contributed by atoms with van der Waals surface area (Å²) in [5.41, 5.74) is 2.47. The highest BCUT2D eigenvalue weighted by molar-refractivity contribution is 5.88. The van der Waals surface area contributed by atoms with Crippen LogP contribution in [0.5, 0.6) is 0 Å². The summed E-state index contributed by atoms with van der Waals surface area (Å²) in [6.45, 7) is 1.58. The van der Waals surface area contributed by atoms with Crippen molar-refractivity contribution in [2.24, 2.45) is 0 Å². The molecule has 0 aliphatic heterocycles. The van der Waals surface area contributed by atoms with Crippen molar-refractivity contribution >= 4 is 16.9 Å². The van der Waals surface area contributed by atoms with Gasteiger partial charge >= 0.3 is 5.97 Å². The number of fused-ring (bicyclic) bond motifs is 1. The molecule has 0 saturated carbocycles. The number of halogens is 1. The van der Waals surface area contributed by atoms with Gasteiger partial charge in [0.2, 0.25) is 0 Å². The molecule has 0 saturated heterocycles. The number of carboxylic acid groups (broad SMARTS) is 1. The van der Waals surface area contributed by atoms with Crippen molar-refractivity contribution in [2.75, 3.05) is 5.84 Å². The summed E-state index contributed by atoms with van der Waals surface area (Å²) in [5, 5.41) is 18.5. The molecule has 144 valence electrons. The number of aromatic carboxylic acids is 1. The lowest BCUT2D eigenvalue weighted by Crippen LogP contribution is -2.04. The normalized spacial score (nSPS) is 10.1. The van der Waals surface area contributed by atoms with Gasteiger partial charge in [-0.3, -0.25) is 4.68 Å². The molecule has 0 aliphatic rings. The number of carboxylic acids is 1. The largest absolute Gasteiger partial charge is 0.478 e. The maximum absolute atomic E-state index is 13.0. The van der Waals surface area contributed by atoms with Crippen LogP contribution in [0.1, 0.15) is 21.6 Å². The molecule has 3 N–H and O–H groups in total. The van der Waals surface area contributed by atoms with Gasteiger partial charge in [0.05, 0.1) is 28.4 Å². The maximum Gasteiger partial charge on any atom is 0.339 e. The van der Waals surface area contributed by atoms with Crippen LogP contribution in [0.3, 0.4) is 0 Å². The Morgan fingerprint density at radius 2 is 2.00 bits per heavy atom. The van der Waals surface area contributed by atoms with E-state index in [1.807, 2.05) is 18.2 Å². The van der Waals surface area contributed by atoms with Gasteiger partial charge in [-0.2, -0.15) is 5.26 Å². The second-order valence-electron chi connectivity index (χ2n) is 6.08. The molecule has 4 rings (SSSR count). The average Bonchev–Trinajstić information content (AvgIpc) is 3.09. The Hall–Kier alpha value is -4.25. The van der Waals surface area contributed by atoms with Gasteiger partial charge in [-0.05, 0) is 37.3 Å². The minimum absolute atomic E-state index is 0.0464. The number of benzene rings is 2. The van der Waals surface area contributed by atoms with Crippen LogP contribution in [0.2, 0.25) is 0 Å². The zero-order valence-electron chi connectivity index (χ0n) is 15.4. The molecule has 4 aromatic rings. The third-order valence-electron chi connectivity index (χ3n) is 4.18. The van der Waals surface area contributed by atoms with Crippen molar-refractivity contribution in [3.63, 3.8) is 0 Å². The molecular formula is C21H16FN5O2. The smallest absolute Gasteiger partial charge is 0.339 e. The molecule has 2 aromatic carbocycles. The van der Waals surface area contributed by atoms with E-state index in [1.54, 1.807) is 31.3 Å². The van der Waals surface area contributed by atoms with Crippen molar-refractivity contribution in [2.45, 2.75) is 6.92 Å². The molecular weight excluding hydrogens is 373 g/mol. The quantitative estimate of drug-likeness (QED) is 0.507. The molecule has 0 bridgehead atoms. The molecule has 29 heavy (non-hydrogen) atoms. The summed E-state index contributed by atoms with van der Waals surface area (Å²) in [7, 11) is 0. The van der Waals surface area contributed by atoms with E-state index < -0.39 is 5.97 Å². The van der Waals surface area contributed by atoms with E-state index in [0.29, 0.717) is 22.6 Å². The number of nitrogens with zero attached hydrogens (tertiary/aromatic N) is 4. The first-order valence-corrected chi connectivity index (χ1v) is 8.49. The predicted octanol–water partition coefficient (Wildman–Crippen LogP) is 3.52. The fourth-order valence-corrected chi connectivity index (χ4v) is 2.73. The lowest BCUT2D eigenvalue weighted by molar-refractivity contribution is 0.0695. The van der Waals surface area contributed by atoms with Gasteiger partial charge in [0.1, 0.15) is 5.82 Å². The lowest BCUT2D eigenvalue weighted by atomic mass is 10.1. The van der Waals surface area contributed by atoms with Crippen LogP contribution >= 0.6 is 0 Å². The second kappa shape index (κ2) is 8.19. The second-order valence-corrected chi connectivity index (χ2v) is 6.08. The Kier molecular flexibility index (Phi) is 5.51. The van der Waals surface area contributed by atoms with Crippen LogP contribution < -0.4 is 5.84 Å². The van der Waals surface area contributed by atoms with Gasteiger partial charge in [-0.25, -0.2) is 19.2 Å². The molecule has 0 spiro atoms. The number of nitrogen functional groups attached to an aromatic ring is 1. The van der Waals surface area contributed by atoms with Gasteiger partial charge in [0.25, 0.3) is 0 Å². The molecule has 7 nitrogen and oxygen atoms in total. The molecule has 0 amide bonds. The van der Waals surface area contributed by atoms with E-state index in [9.17, 15) is 9.18 Å². The number of hydrogen-bond acceptors (Lipinski definition) is 5. The van der Waals surface area contributed by atoms with Crippen LogP contribution in [-0.4, -0.2) is 25.7 Å². The summed E-state index contributed by atoms with van der Waals surface area (Å²) >= 11 is 0. The minimum atomic E-state index is -1.08. The van der Waals surface area contributed by atoms with Crippen molar-refractivity contribution < 1.29 is 14.3 Å². The van der Waals surface area contributed by atoms with E-state index in [2.05, 4.69) is 16.0 Å². The highest BCUT2D eigenvalue weighted by Gasteiger charge is 2.11. The van der Waals surface area contributed by atoms with E-state index in [1.165, 1.54) is 23.0 Å². The highest BCUT2D eigenvalue weighted by atomic mass is 19.1.